The number of hydrogen-bond acceptors (Lipinski definition) is 6. The van der Waals surface area contributed by atoms with E-state index >= 15 is 0 Å². The first-order valence-electron chi connectivity index (χ1n) is 6.94. The second-order valence-electron chi connectivity index (χ2n) is 5.07. The van der Waals surface area contributed by atoms with Crippen molar-refractivity contribution >= 4 is 46.9 Å². The van der Waals surface area contributed by atoms with Crippen LogP contribution in [-0.4, -0.2) is 26.0 Å². The summed E-state index contributed by atoms with van der Waals surface area (Å²) in [5.74, 6) is 0.461. The molecule has 0 N–H and O–H groups in total. The van der Waals surface area contributed by atoms with Crippen LogP contribution in [0, 0.1) is 10.1 Å². The van der Waals surface area contributed by atoms with Crippen LogP contribution in [0.4, 0.5) is 5.69 Å². The second kappa shape index (κ2) is 6.14. The predicted octanol–water partition coefficient (Wildman–Crippen LogP) is 4.51. The Labute approximate surface area is 155 Å². The molecule has 0 fully saturated rings. The molecule has 1 aliphatic rings. The molecule has 1 aliphatic heterocycles. The number of nitro groups is 1. The summed E-state index contributed by atoms with van der Waals surface area (Å²) in [6.07, 6.45) is 1.54. The fourth-order valence-electron chi connectivity index (χ4n) is 2.33. The van der Waals surface area contributed by atoms with E-state index in [-0.39, 0.29) is 5.69 Å². The van der Waals surface area contributed by atoms with Gasteiger partial charge in [0.25, 0.3) is 5.69 Å². The average molecular weight is 392 g/mol. The van der Waals surface area contributed by atoms with Crippen LogP contribution in [0.25, 0.3) is 11.4 Å². The minimum atomic E-state index is -0.442. The Morgan fingerprint density at radius 1 is 1.12 bits per heavy atom. The van der Waals surface area contributed by atoms with Crippen LogP contribution in [-0.2, 0) is 0 Å². The third-order valence-corrected chi connectivity index (χ3v) is 5.08. The molecule has 10 heteroatoms. The lowest BCUT2D eigenvalue weighted by Gasteiger charge is -2.04. The molecule has 0 saturated carbocycles. The molecule has 0 saturated heterocycles. The van der Waals surface area contributed by atoms with Crippen LogP contribution in [0.1, 0.15) is 5.56 Å². The van der Waals surface area contributed by atoms with E-state index in [4.69, 9.17) is 23.2 Å². The topological polar surface area (TPSA) is 86.2 Å². The van der Waals surface area contributed by atoms with Gasteiger partial charge in [0.15, 0.2) is 5.82 Å². The molecular weight excluding hydrogens is 385 g/mol. The molecule has 1 aromatic heterocycles. The highest BCUT2D eigenvalue weighted by Gasteiger charge is 2.21. The van der Waals surface area contributed by atoms with Gasteiger partial charge in [0.1, 0.15) is 0 Å². The standard InChI is InChI=1S/C15H7Cl2N5O2S/c16-9-1-3-11(12(17)6-9)14-19-20-15-21(14)18-7-8-5-10(22(23)24)2-4-13(8)25-15/h1-7H. The zero-order valence-electron chi connectivity index (χ0n) is 12.3. The molecule has 4 rings (SSSR count). The van der Waals surface area contributed by atoms with Crippen molar-refractivity contribution in [1.29, 1.82) is 0 Å². The summed E-state index contributed by atoms with van der Waals surface area (Å²) >= 11 is 13.5. The van der Waals surface area contributed by atoms with E-state index < -0.39 is 4.92 Å². The quantitative estimate of drug-likeness (QED) is 0.370. The molecule has 0 spiro atoms. The van der Waals surface area contributed by atoms with E-state index in [9.17, 15) is 10.1 Å². The molecule has 7 nitrogen and oxygen atoms in total. The number of nitro benzene ring substituents is 1. The largest absolute Gasteiger partial charge is 0.270 e. The van der Waals surface area contributed by atoms with Gasteiger partial charge in [0.05, 0.1) is 16.2 Å². The molecule has 0 bridgehead atoms. The number of halogens is 2. The Morgan fingerprint density at radius 2 is 1.96 bits per heavy atom. The molecule has 0 aliphatic carbocycles. The summed E-state index contributed by atoms with van der Waals surface area (Å²) in [7, 11) is 0. The van der Waals surface area contributed by atoms with Gasteiger partial charge in [-0.1, -0.05) is 23.2 Å². The van der Waals surface area contributed by atoms with E-state index in [2.05, 4.69) is 15.3 Å². The first-order valence-corrected chi connectivity index (χ1v) is 8.51. The molecule has 2 heterocycles. The minimum Gasteiger partial charge on any atom is -0.258 e. The Morgan fingerprint density at radius 3 is 2.72 bits per heavy atom. The van der Waals surface area contributed by atoms with Crippen molar-refractivity contribution < 1.29 is 4.92 Å². The Hall–Kier alpha value is -2.42. The van der Waals surface area contributed by atoms with E-state index in [0.29, 0.717) is 32.2 Å². The fourth-order valence-corrected chi connectivity index (χ4v) is 3.69. The number of non-ortho nitro benzene ring substituents is 1. The van der Waals surface area contributed by atoms with Gasteiger partial charge in [-0.3, -0.25) is 10.1 Å². The summed E-state index contributed by atoms with van der Waals surface area (Å²) in [5, 5.41) is 25.1. The van der Waals surface area contributed by atoms with Crippen LogP contribution in [0.15, 0.2) is 51.6 Å². The van der Waals surface area contributed by atoms with E-state index in [1.807, 2.05) is 0 Å². The van der Waals surface area contributed by atoms with E-state index in [1.165, 1.54) is 23.9 Å². The molecular formula is C15H7Cl2N5O2S. The van der Waals surface area contributed by atoms with Crippen LogP contribution in [0.5, 0.6) is 0 Å². The maximum atomic E-state index is 10.9. The monoisotopic (exact) mass is 391 g/mol. The number of rotatable bonds is 2. The highest BCUT2D eigenvalue weighted by molar-refractivity contribution is 7.99. The number of benzene rings is 2. The molecule has 2 aromatic carbocycles. The Kier molecular flexibility index (Phi) is 3.95. The summed E-state index contributed by atoms with van der Waals surface area (Å²) in [6.45, 7) is 0. The minimum absolute atomic E-state index is 0.00411. The van der Waals surface area contributed by atoms with Gasteiger partial charge in [-0.2, -0.15) is 9.78 Å². The third-order valence-electron chi connectivity index (χ3n) is 3.50. The van der Waals surface area contributed by atoms with Crippen molar-refractivity contribution in [3.8, 4) is 11.4 Å². The van der Waals surface area contributed by atoms with Crippen molar-refractivity contribution in [3.05, 3.63) is 62.1 Å². The first-order chi connectivity index (χ1) is 12.0. The SMILES string of the molecule is O=[N+]([O-])c1ccc2c(c1)C=Nn1c(nnc1-c1ccc(Cl)cc1Cl)S2. The second-order valence-corrected chi connectivity index (χ2v) is 6.92. The normalized spacial score (nSPS) is 12.4. The van der Waals surface area contributed by atoms with Crippen LogP contribution >= 0.6 is 35.0 Å². The lowest BCUT2D eigenvalue weighted by molar-refractivity contribution is -0.384. The van der Waals surface area contributed by atoms with Gasteiger partial charge in [-0.25, -0.2) is 0 Å². The third kappa shape index (κ3) is 2.88. The summed E-state index contributed by atoms with van der Waals surface area (Å²) in [4.78, 5) is 11.3. The maximum Gasteiger partial charge on any atom is 0.270 e. The van der Waals surface area contributed by atoms with Gasteiger partial charge in [-0.15, -0.1) is 10.2 Å². The molecule has 124 valence electrons. The average Bonchev–Trinajstić information content (AvgIpc) is 2.86. The molecule has 0 unspecified atom stereocenters. The van der Waals surface area contributed by atoms with Crippen molar-refractivity contribution in [2.24, 2.45) is 5.10 Å². The Bertz CT molecular complexity index is 1050. The smallest absolute Gasteiger partial charge is 0.258 e. The highest BCUT2D eigenvalue weighted by atomic mass is 35.5. The van der Waals surface area contributed by atoms with Crippen LogP contribution < -0.4 is 0 Å². The number of nitrogens with zero attached hydrogens (tertiary/aromatic N) is 5. The lowest BCUT2D eigenvalue weighted by Crippen LogP contribution is -1.95. The molecule has 3 aromatic rings. The molecule has 25 heavy (non-hydrogen) atoms. The van der Waals surface area contributed by atoms with Gasteiger partial charge in [0, 0.05) is 33.2 Å². The van der Waals surface area contributed by atoms with Gasteiger partial charge >= 0.3 is 0 Å². The van der Waals surface area contributed by atoms with Crippen molar-refractivity contribution in [1.82, 2.24) is 14.9 Å². The van der Waals surface area contributed by atoms with Crippen molar-refractivity contribution in [2.45, 2.75) is 10.1 Å². The summed E-state index contributed by atoms with van der Waals surface area (Å²) in [6, 6.07) is 9.65. The maximum absolute atomic E-state index is 10.9. The Balaban J connectivity index is 1.81. The fraction of sp³-hybridized carbons (Fsp3) is 0. The number of hydrogen-bond donors (Lipinski definition) is 0. The van der Waals surface area contributed by atoms with Crippen LogP contribution in [0.2, 0.25) is 10.0 Å². The van der Waals surface area contributed by atoms with Gasteiger partial charge in [0.2, 0.25) is 5.16 Å². The van der Waals surface area contributed by atoms with Crippen molar-refractivity contribution in [2.75, 3.05) is 0 Å². The zero-order valence-corrected chi connectivity index (χ0v) is 14.6. The summed E-state index contributed by atoms with van der Waals surface area (Å²) < 4.78 is 1.55. The zero-order chi connectivity index (χ0) is 17.6. The highest BCUT2D eigenvalue weighted by Crippen LogP contribution is 2.36. The summed E-state index contributed by atoms with van der Waals surface area (Å²) in [5.41, 5.74) is 1.28. The predicted molar refractivity (Wildman–Crippen MR) is 95.7 cm³/mol. The number of fused-ring (bicyclic) bond motifs is 2. The molecule has 0 amide bonds. The lowest BCUT2D eigenvalue weighted by atomic mass is 10.2. The number of aromatic nitrogens is 3. The van der Waals surface area contributed by atoms with E-state index in [1.54, 1.807) is 35.2 Å². The van der Waals surface area contributed by atoms with Gasteiger partial charge < -0.3 is 0 Å². The molecule has 0 atom stereocenters. The van der Waals surface area contributed by atoms with Crippen molar-refractivity contribution in [3.63, 3.8) is 0 Å². The van der Waals surface area contributed by atoms with Gasteiger partial charge in [-0.05, 0) is 36.0 Å². The first kappa shape index (κ1) is 16.1. The molecule has 0 radical (unpaired) electrons. The van der Waals surface area contributed by atoms with E-state index in [0.717, 1.165) is 4.90 Å². The van der Waals surface area contributed by atoms with Crippen LogP contribution in [0.3, 0.4) is 0 Å².